The van der Waals surface area contributed by atoms with Gasteiger partial charge < -0.3 is 24.1 Å². The molecule has 5 heteroatoms. The Kier molecular flexibility index (Phi) is 3.94. The molecule has 1 N–H and O–H groups in total. The largest absolute Gasteiger partial charge is 0.393 e. The van der Waals surface area contributed by atoms with E-state index in [0.29, 0.717) is 50.1 Å². The first-order valence-electron chi connectivity index (χ1n) is 11.7. The summed E-state index contributed by atoms with van der Waals surface area (Å²) >= 11 is 0. The van der Waals surface area contributed by atoms with E-state index in [1.807, 2.05) is 0 Å². The molecule has 0 amide bonds. The molecule has 6 fully saturated rings. The van der Waals surface area contributed by atoms with Crippen LogP contribution in [0.25, 0.3) is 0 Å². The summed E-state index contributed by atoms with van der Waals surface area (Å²) in [5, 5.41) is 11.2. The van der Waals surface area contributed by atoms with Crippen LogP contribution in [0.1, 0.15) is 65.2 Å². The Morgan fingerprint density at radius 2 is 1.50 bits per heavy atom. The second kappa shape index (κ2) is 5.94. The highest BCUT2D eigenvalue weighted by Crippen LogP contribution is 2.72. The van der Waals surface area contributed by atoms with Gasteiger partial charge >= 0.3 is 0 Å². The van der Waals surface area contributed by atoms with Crippen LogP contribution < -0.4 is 0 Å². The lowest BCUT2D eigenvalue weighted by Crippen LogP contribution is -2.70. The number of hydrogen-bond acceptors (Lipinski definition) is 5. The van der Waals surface area contributed by atoms with Crippen molar-refractivity contribution in [1.82, 2.24) is 0 Å². The quantitative estimate of drug-likeness (QED) is 0.684. The molecular weight excluding hydrogens is 356 g/mol. The van der Waals surface area contributed by atoms with Crippen molar-refractivity contribution in [3.8, 4) is 0 Å². The maximum Gasteiger partial charge on any atom is 0.229 e. The minimum Gasteiger partial charge on any atom is -0.393 e. The molecule has 2 aliphatic heterocycles. The summed E-state index contributed by atoms with van der Waals surface area (Å²) in [6.45, 7) is 7.15. The minimum absolute atomic E-state index is 0.118. The summed E-state index contributed by atoms with van der Waals surface area (Å²) in [5.41, 5.74) is 0.159. The average molecular weight is 393 g/mol. The molecule has 0 radical (unpaired) electrons. The topological polar surface area (TPSA) is 57.2 Å². The van der Waals surface area contributed by atoms with Crippen LogP contribution in [0, 0.1) is 34.5 Å². The van der Waals surface area contributed by atoms with E-state index >= 15 is 0 Å². The zero-order valence-corrected chi connectivity index (χ0v) is 17.5. The molecule has 4 aliphatic carbocycles. The van der Waals surface area contributed by atoms with Crippen molar-refractivity contribution in [3.63, 3.8) is 0 Å². The number of rotatable bonds is 0. The Balaban J connectivity index is 1.42. The van der Waals surface area contributed by atoms with Crippen molar-refractivity contribution in [2.24, 2.45) is 34.5 Å². The molecule has 158 valence electrons. The van der Waals surface area contributed by atoms with Crippen LogP contribution >= 0.6 is 0 Å². The highest BCUT2D eigenvalue weighted by atomic mass is 16.8. The first kappa shape index (κ1) is 18.6. The van der Waals surface area contributed by atoms with Gasteiger partial charge in [0.25, 0.3) is 0 Å². The molecule has 5 nitrogen and oxygen atoms in total. The maximum absolute atomic E-state index is 11.2. The lowest BCUT2D eigenvalue weighted by Gasteiger charge is -2.63. The third-order valence-corrected chi connectivity index (χ3v) is 10.2. The van der Waals surface area contributed by atoms with Crippen LogP contribution in [0.3, 0.4) is 0 Å². The minimum atomic E-state index is -0.776. The molecule has 28 heavy (non-hydrogen) atoms. The van der Waals surface area contributed by atoms with Crippen molar-refractivity contribution in [2.45, 2.75) is 82.9 Å². The number of hydrogen-bond donors (Lipinski definition) is 1. The van der Waals surface area contributed by atoms with E-state index in [1.54, 1.807) is 0 Å². The van der Waals surface area contributed by atoms with Gasteiger partial charge in [-0.3, -0.25) is 0 Å². The lowest BCUT2D eigenvalue weighted by molar-refractivity contribution is -0.474. The molecule has 2 unspecified atom stereocenters. The average Bonchev–Trinajstić information content (AvgIpc) is 2.95. The Morgan fingerprint density at radius 3 is 2.25 bits per heavy atom. The molecule has 6 aliphatic rings. The zero-order chi connectivity index (χ0) is 19.2. The standard InChI is InChI=1S/C23H36O5/c1-20-7-4-3-5-17(20)19(24)13-15-16(20)6-8-21(2)18(15)14-22-23(21,27-11-9-25-22)28-12-10-26-22/h15-19,24H,3-14H2,1-2H3/t15-,16+,17?,18+,19?,20-,21+,22?,23?/m1/s1. The van der Waals surface area contributed by atoms with E-state index < -0.39 is 11.6 Å². The molecular formula is C23H36O5. The monoisotopic (exact) mass is 392 g/mol. The predicted molar refractivity (Wildman–Crippen MR) is 102 cm³/mol. The van der Waals surface area contributed by atoms with Gasteiger partial charge in [0.15, 0.2) is 0 Å². The van der Waals surface area contributed by atoms with E-state index in [0.717, 1.165) is 19.3 Å². The van der Waals surface area contributed by atoms with Gasteiger partial charge in [-0.25, -0.2) is 0 Å². The van der Waals surface area contributed by atoms with E-state index in [2.05, 4.69) is 13.8 Å². The molecule has 6 rings (SSSR count). The van der Waals surface area contributed by atoms with Crippen LogP contribution in [0.4, 0.5) is 0 Å². The summed E-state index contributed by atoms with van der Waals surface area (Å²) in [7, 11) is 0. The molecule has 4 saturated carbocycles. The Hall–Kier alpha value is -0.200. The normalized spacial score (nSPS) is 60.8. The fourth-order valence-corrected chi connectivity index (χ4v) is 9.04. The molecule has 0 spiro atoms. The molecule has 0 aromatic carbocycles. The van der Waals surface area contributed by atoms with E-state index in [4.69, 9.17) is 18.9 Å². The molecule has 2 saturated heterocycles. The predicted octanol–water partition coefficient (Wildman–Crippen LogP) is 3.49. The fourth-order valence-electron chi connectivity index (χ4n) is 9.04. The van der Waals surface area contributed by atoms with Crippen LogP contribution in [0.5, 0.6) is 0 Å². The molecule has 0 bridgehead atoms. The first-order valence-corrected chi connectivity index (χ1v) is 11.7. The molecule has 0 aromatic heterocycles. The molecule has 0 aromatic rings. The summed E-state index contributed by atoms with van der Waals surface area (Å²) in [4.78, 5) is 0. The van der Waals surface area contributed by atoms with Crippen molar-refractivity contribution in [1.29, 1.82) is 0 Å². The highest BCUT2D eigenvalue weighted by molar-refractivity contribution is 5.19. The zero-order valence-electron chi connectivity index (χ0n) is 17.5. The highest BCUT2D eigenvalue weighted by Gasteiger charge is 2.79. The second-order valence-corrected chi connectivity index (χ2v) is 11.0. The molecule has 2 heterocycles. The van der Waals surface area contributed by atoms with Crippen molar-refractivity contribution < 1.29 is 24.1 Å². The number of fused-ring (bicyclic) bond motifs is 5. The third-order valence-electron chi connectivity index (χ3n) is 10.2. The van der Waals surface area contributed by atoms with E-state index in [1.165, 1.54) is 32.1 Å². The number of ether oxygens (including phenoxy) is 4. The van der Waals surface area contributed by atoms with Gasteiger partial charge in [-0.1, -0.05) is 26.7 Å². The lowest BCUT2D eigenvalue weighted by atomic mass is 9.44. The van der Waals surface area contributed by atoms with E-state index in [-0.39, 0.29) is 16.9 Å². The van der Waals surface area contributed by atoms with Gasteiger partial charge in [0.2, 0.25) is 11.6 Å². The van der Waals surface area contributed by atoms with Crippen LogP contribution in [-0.2, 0) is 18.9 Å². The van der Waals surface area contributed by atoms with E-state index in [9.17, 15) is 5.11 Å². The number of aliphatic hydroxyl groups is 1. The third kappa shape index (κ3) is 2.01. The number of aliphatic hydroxyl groups excluding tert-OH is 1. The Morgan fingerprint density at radius 1 is 0.786 bits per heavy atom. The first-order chi connectivity index (χ1) is 13.5. The van der Waals surface area contributed by atoms with Gasteiger partial charge in [-0.15, -0.1) is 0 Å². The van der Waals surface area contributed by atoms with Gasteiger partial charge in [-0.05, 0) is 61.2 Å². The Bertz CT molecular complexity index is 639. The maximum atomic E-state index is 11.2. The second-order valence-electron chi connectivity index (χ2n) is 11.0. The van der Waals surface area contributed by atoms with Crippen LogP contribution in [0.2, 0.25) is 0 Å². The van der Waals surface area contributed by atoms with Gasteiger partial charge in [-0.2, -0.15) is 0 Å². The van der Waals surface area contributed by atoms with Gasteiger partial charge in [0.1, 0.15) is 0 Å². The fraction of sp³-hybridized carbons (Fsp3) is 1.00. The smallest absolute Gasteiger partial charge is 0.229 e. The summed E-state index contributed by atoms with van der Waals surface area (Å²) in [5.74, 6) is 0.555. The summed E-state index contributed by atoms with van der Waals surface area (Å²) in [6.07, 6.45) is 8.99. The van der Waals surface area contributed by atoms with Crippen LogP contribution in [0.15, 0.2) is 0 Å². The van der Waals surface area contributed by atoms with Crippen LogP contribution in [-0.4, -0.2) is 49.2 Å². The summed E-state index contributed by atoms with van der Waals surface area (Å²) < 4.78 is 25.6. The van der Waals surface area contributed by atoms with Gasteiger partial charge in [0, 0.05) is 11.8 Å². The van der Waals surface area contributed by atoms with Gasteiger partial charge in [0.05, 0.1) is 32.5 Å². The molecule has 7 atom stereocenters. The SMILES string of the molecule is C[C@]12CCCCC1C(O)C[C@@H]1[C@@H]2CC[C@@]2(C)[C@H]1CC13OCCOC12OCCO3. The summed E-state index contributed by atoms with van der Waals surface area (Å²) in [6, 6.07) is 0. The van der Waals surface area contributed by atoms with Crippen molar-refractivity contribution in [3.05, 3.63) is 0 Å². The Labute approximate surface area is 168 Å². The van der Waals surface area contributed by atoms with Crippen molar-refractivity contribution in [2.75, 3.05) is 26.4 Å². The van der Waals surface area contributed by atoms with Crippen molar-refractivity contribution >= 4 is 0 Å².